The molecule has 0 saturated carbocycles. The fourth-order valence-corrected chi connectivity index (χ4v) is 3.42. The van der Waals surface area contributed by atoms with Gasteiger partial charge in [-0.2, -0.15) is 22.7 Å². The second kappa shape index (κ2) is 5.46. The zero-order chi connectivity index (χ0) is 15.7. The number of pyridine rings is 1. The topological polar surface area (TPSA) is 74.1 Å². The average Bonchev–Trinajstić information content (AvgIpc) is 2.46. The second-order valence-corrected chi connectivity index (χ2v) is 6.21. The number of alkyl halides is 3. The van der Waals surface area contributed by atoms with E-state index in [4.69, 9.17) is 5.26 Å². The van der Waals surface area contributed by atoms with Crippen LogP contribution in [0.3, 0.4) is 0 Å². The van der Waals surface area contributed by atoms with E-state index in [1.165, 1.54) is 18.3 Å². The molecule has 0 spiro atoms. The van der Waals surface area contributed by atoms with Crippen molar-refractivity contribution in [2.24, 2.45) is 0 Å². The molecule has 0 atom stereocenters. The number of halogens is 3. The third-order valence-corrected chi connectivity index (χ3v) is 4.93. The highest BCUT2D eigenvalue weighted by molar-refractivity contribution is 7.89. The van der Waals surface area contributed by atoms with Crippen LogP contribution in [0.2, 0.25) is 0 Å². The molecule has 0 aromatic carbocycles. The first-order chi connectivity index (χ1) is 9.76. The summed E-state index contributed by atoms with van der Waals surface area (Å²) in [7, 11) is -4.04. The number of hydrogen-bond donors (Lipinski definition) is 0. The lowest BCUT2D eigenvalue weighted by Gasteiger charge is -2.26. The predicted molar refractivity (Wildman–Crippen MR) is 66.5 cm³/mol. The maximum atomic E-state index is 12.5. The third-order valence-electron chi connectivity index (χ3n) is 3.03. The zero-order valence-electron chi connectivity index (χ0n) is 10.6. The van der Waals surface area contributed by atoms with Crippen molar-refractivity contribution in [2.45, 2.75) is 17.5 Å². The van der Waals surface area contributed by atoms with Gasteiger partial charge in [-0.1, -0.05) is 6.08 Å². The summed E-state index contributed by atoms with van der Waals surface area (Å²) in [4.78, 5) is 3.36. The monoisotopic (exact) mass is 317 g/mol. The molecular weight excluding hydrogens is 307 g/mol. The smallest absolute Gasteiger partial charge is 0.244 e. The lowest BCUT2D eigenvalue weighted by molar-refractivity contribution is -0.0953. The zero-order valence-corrected chi connectivity index (χ0v) is 11.4. The Labute approximate surface area is 119 Å². The highest BCUT2D eigenvalue weighted by atomic mass is 32.2. The first-order valence-electron chi connectivity index (χ1n) is 5.88. The molecule has 0 unspecified atom stereocenters. The Balaban J connectivity index is 2.32. The van der Waals surface area contributed by atoms with Crippen LogP contribution in [-0.2, 0) is 10.0 Å². The van der Waals surface area contributed by atoms with Crippen LogP contribution in [0.4, 0.5) is 13.2 Å². The van der Waals surface area contributed by atoms with Crippen LogP contribution in [0, 0.1) is 11.3 Å². The minimum absolute atomic E-state index is 0.275. The van der Waals surface area contributed by atoms with Crippen LogP contribution in [0.5, 0.6) is 0 Å². The Kier molecular flexibility index (Phi) is 4.02. The molecule has 0 radical (unpaired) electrons. The summed E-state index contributed by atoms with van der Waals surface area (Å²) in [6, 6.07) is 4.23. The van der Waals surface area contributed by atoms with Crippen molar-refractivity contribution in [1.29, 1.82) is 5.26 Å². The summed E-state index contributed by atoms with van der Waals surface area (Å²) in [5.41, 5.74) is -1.01. The molecule has 0 fully saturated rings. The van der Waals surface area contributed by atoms with E-state index in [1.54, 1.807) is 6.07 Å². The molecular formula is C12H10F3N3O2S. The molecule has 0 bridgehead atoms. The van der Waals surface area contributed by atoms with E-state index in [2.05, 4.69) is 4.98 Å². The van der Waals surface area contributed by atoms with Crippen molar-refractivity contribution in [1.82, 2.24) is 9.29 Å². The molecule has 112 valence electrons. The van der Waals surface area contributed by atoms with Gasteiger partial charge in [0.1, 0.15) is 11.0 Å². The minimum Gasteiger partial charge on any atom is -0.244 e. The van der Waals surface area contributed by atoms with Crippen molar-refractivity contribution in [3.05, 3.63) is 35.7 Å². The first kappa shape index (κ1) is 15.5. The number of nitrogens with zero attached hydrogens (tertiary/aromatic N) is 3. The number of hydrogen-bond acceptors (Lipinski definition) is 4. The molecule has 1 aromatic heterocycles. The van der Waals surface area contributed by atoms with E-state index < -0.39 is 28.2 Å². The lowest BCUT2D eigenvalue weighted by atomic mass is 10.1. The summed E-state index contributed by atoms with van der Waals surface area (Å²) >= 11 is 0. The van der Waals surface area contributed by atoms with Crippen LogP contribution in [-0.4, -0.2) is 37.0 Å². The summed E-state index contributed by atoms with van der Waals surface area (Å²) < 4.78 is 63.1. The Bertz CT molecular complexity index is 720. The Morgan fingerprint density at radius 2 is 2.10 bits per heavy atom. The van der Waals surface area contributed by atoms with Crippen LogP contribution in [0.1, 0.15) is 12.1 Å². The summed E-state index contributed by atoms with van der Waals surface area (Å²) in [6.07, 6.45) is -2.73. The van der Waals surface area contributed by atoms with Gasteiger partial charge in [-0.3, -0.25) is 0 Å². The van der Waals surface area contributed by atoms with Crippen LogP contribution in [0.25, 0.3) is 0 Å². The van der Waals surface area contributed by atoms with E-state index in [9.17, 15) is 21.6 Å². The SMILES string of the molecule is N#Cc1ncccc1S(=O)(=O)N1CC=C(C(F)(F)F)CC1. The first-order valence-corrected chi connectivity index (χ1v) is 7.32. The molecule has 0 N–H and O–H groups in total. The molecule has 21 heavy (non-hydrogen) atoms. The van der Waals surface area contributed by atoms with Gasteiger partial charge in [-0.05, 0) is 18.6 Å². The second-order valence-electron chi connectivity index (χ2n) is 4.30. The van der Waals surface area contributed by atoms with Crippen LogP contribution < -0.4 is 0 Å². The molecule has 0 saturated heterocycles. The van der Waals surface area contributed by atoms with Gasteiger partial charge in [0.25, 0.3) is 0 Å². The van der Waals surface area contributed by atoms with E-state index >= 15 is 0 Å². The fraction of sp³-hybridized carbons (Fsp3) is 0.333. The van der Waals surface area contributed by atoms with E-state index in [0.717, 1.165) is 10.4 Å². The maximum absolute atomic E-state index is 12.5. The Hall–Kier alpha value is -1.92. The molecule has 2 rings (SSSR count). The molecule has 1 aliphatic rings. The summed E-state index contributed by atoms with van der Waals surface area (Å²) in [5.74, 6) is 0. The van der Waals surface area contributed by atoms with E-state index in [0.29, 0.717) is 0 Å². The van der Waals surface area contributed by atoms with Crippen molar-refractivity contribution in [3.63, 3.8) is 0 Å². The van der Waals surface area contributed by atoms with Crippen molar-refractivity contribution < 1.29 is 21.6 Å². The maximum Gasteiger partial charge on any atom is 0.412 e. The average molecular weight is 317 g/mol. The number of aromatic nitrogens is 1. The Morgan fingerprint density at radius 3 is 2.62 bits per heavy atom. The van der Waals surface area contributed by atoms with Crippen molar-refractivity contribution in [2.75, 3.05) is 13.1 Å². The minimum atomic E-state index is -4.44. The van der Waals surface area contributed by atoms with E-state index in [-0.39, 0.29) is 23.7 Å². The van der Waals surface area contributed by atoms with Gasteiger partial charge in [0.05, 0.1) is 0 Å². The molecule has 0 amide bonds. The number of sulfonamides is 1. The normalized spacial score (nSPS) is 17.1. The fourth-order valence-electron chi connectivity index (χ4n) is 1.95. The molecule has 0 aliphatic carbocycles. The van der Waals surface area contributed by atoms with Gasteiger partial charge in [0.2, 0.25) is 10.0 Å². The van der Waals surface area contributed by atoms with Gasteiger partial charge in [0, 0.05) is 24.9 Å². The predicted octanol–water partition coefficient (Wildman–Crippen LogP) is 1.84. The van der Waals surface area contributed by atoms with Gasteiger partial charge in [-0.25, -0.2) is 13.4 Å². The quantitative estimate of drug-likeness (QED) is 0.780. The van der Waals surface area contributed by atoms with Crippen molar-refractivity contribution >= 4 is 10.0 Å². The molecule has 5 nitrogen and oxygen atoms in total. The summed E-state index contributed by atoms with van der Waals surface area (Å²) in [6.45, 7) is -0.662. The lowest BCUT2D eigenvalue weighted by Crippen LogP contribution is -2.37. The van der Waals surface area contributed by atoms with Gasteiger partial charge >= 0.3 is 6.18 Å². The largest absolute Gasteiger partial charge is 0.412 e. The highest BCUT2D eigenvalue weighted by Crippen LogP contribution is 2.31. The van der Waals surface area contributed by atoms with E-state index in [1.807, 2.05) is 0 Å². The van der Waals surface area contributed by atoms with Crippen LogP contribution in [0.15, 0.2) is 34.9 Å². The van der Waals surface area contributed by atoms with Gasteiger partial charge < -0.3 is 0 Å². The number of rotatable bonds is 2. The Morgan fingerprint density at radius 1 is 1.38 bits per heavy atom. The summed E-state index contributed by atoms with van der Waals surface area (Å²) in [5, 5.41) is 8.87. The van der Waals surface area contributed by atoms with Crippen LogP contribution >= 0.6 is 0 Å². The highest BCUT2D eigenvalue weighted by Gasteiger charge is 2.37. The third kappa shape index (κ3) is 3.06. The van der Waals surface area contributed by atoms with Gasteiger partial charge in [0.15, 0.2) is 5.69 Å². The number of nitriles is 1. The van der Waals surface area contributed by atoms with Gasteiger partial charge in [-0.15, -0.1) is 0 Å². The van der Waals surface area contributed by atoms with Crippen molar-refractivity contribution in [3.8, 4) is 6.07 Å². The molecule has 9 heteroatoms. The molecule has 2 heterocycles. The standard InChI is InChI=1S/C12H10F3N3O2S/c13-12(14,15)9-3-6-18(7-4-9)21(19,20)11-2-1-5-17-10(11)8-16/h1-3,5H,4,6-7H2. The molecule has 1 aromatic rings. The molecule has 1 aliphatic heterocycles.